The van der Waals surface area contributed by atoms with Gasteiger partial charge in [0.15, 0.2) is 17.6 Å². The fourth-order valence-electron chi connectivity index (χ4n) is 1.28. The highest BCUT2D eigenvalue weighted by Crippen LogP contribution is 2.32. The van der Waals surface area contributed by atoms with Crippen LogP contribution in [-0.4, -0.2) is 6.29 Å². The summed E-state index contributed by atoms with van der Waals surface area (Å²) < 4.78 is 5.12. The molecule has 66 valence electrons. The summed E-state index contributed by atoms with van der Waals surface area (Å²) >= 11 is 5.90. The van der Waals surface area contributed by atoms with Gasteiger partial charge in [-0.2, -0.15) is 0 Å². The number of hydrogen-bond donors (Lipinski definition) is 0. The molecule has 1 atom stereocenters. The van der Waals surface area contributed by atoms with E-state index >= 15 is 0 Å². The van der Waals surface area contributed by atoms with Crippen molar-refractivity contribution in [3.8, 4) is 0 Å². The zero-order chi connectivity index (χ0) is 9.26. The fraction of sp³-hybridized carbons (Fsp3) is 0.100. The predicted molar refractivity (Wildman–Crippen MR) is 50.2 cm³/mol. The van der Waals surface area contributed by atoms with Crippen LogP contribution >= 0.6 is 11.6 Å². The minimum absolute atomic E-state index is 0.277. The number of ether oxygens (including phenoxy) is 1. The summed E-state index contributed by atoms with van der Waals surface area (Å²) in [6, 6.07) is 7.56. The molecule has 13 heavy (non-hydrogen) atoms. The first kappa shape index (κ1) is 8.32. The van der Waals surface area contributed by atoms with E-state index in [9.17, 15) is 4.79 Å². The summed E-state index contributed by atoms with van der Waals surface area (Å²) in [4.78, 5) is 10.5. The standard InChI is InChI=1S/C10H7ClO2/c11-10-9-4-2-1-3-7(9)5-8(6-12)13-10/h1-6,10H. The van der Waals surface area contributed by atoms with Crippen LogP contribution in [0.3, 0.4) is 0 Å². The Hall–Kier alpha value is -1.28. The molecule has 1 heterocycles. The second-order valence-electron chi connectivity index (χ2n) is 2.73. The number of halogens is 1. The number of carbonyl (C=O) groups is 1. The maximum Gasteiger partial charge on any atom is 0.198 e. The highest BCUT2D eigenvalue weighted by molar-refractivity contribution is 6.20. The van der Waals surface area contributed by atoms with Gasteiger partial charge >= 0.3 is 0 Å². The van der Waals surface area contributed by atoms with Crippen molar-refractivity contribution in [2.45, 2.75) is 5.56 Å². The number of aldehydes is 1. The average molecular weight is 195 g/mol. The summed E-state index contributed by atoms with van der Waals surface area (Å²) in [5.41, 5.74) is 1.28. The van der Waals surface area contributed by atoms with Gasteiger partial charge in [-0.3, -0.25) is 4.79 Å². The Kier molecular flexibility index (Phi) is 2.07. The number of hydrogen-bond acceptors (Lipinski definition) is 2. The first-order chi connectivity index (χ1) is 6.31. The van der Waals surface area contributed by atoms with E-state index in [0.717, 1.165) is 11.1 Å². The molecule has 1 aliphatic heterocycles. The Bertz CT molecular complexity index is 371. The van der Waals surface area contributed by atoms with Crippen LogP contribution in [0.1, 0.15) is 16.7 Å². The van der Waals surface area contributed by atoms with Crippen LogP contribution < -0.4 is 0 Å². The highest BCUT2D eigenvalue weighted by atomic mass is 35.5. The van der Waals surface area contributed by atoms with Crippen molar-refractivity contribution in [3.05, 3.63) is 41.2 Å². The van der Waals surface area contributed by atoms with Gasteiger partial charge in [0.2, 0.25) is 0 Å². The van der Waals surface area contributed by atoms with Gasteiger partial charge in [0.1, 0.15) is 0 Å². The molecule has 0 spiro atoms. The molecule has 0 aromatic heterocycles. The topological polar surface area (TPSA) is 26.3 Å². The summed E-state index contributed by atoms with van der Waals surface area (Å²) in [5, 5.41) is 0. The van der Waals surface area contributed by atoms with Gasteiger partial charge in [0.25, 0.3) is 0 Å². The first-order valence-corrected chi connectivity index (χ1v) is 4.31. The summed E-state index contributed by atoms with van der Waals surface area (Å²) in [6.45, 7) is 0. The van der Waals surface area contributed by atoms with Crippen LogP contribution in [0.25, 0.3) is 6.08 Å². The Morgan fingerprint density at radius 3 is 2.92 bits per heavy atom. The molecule has 1 aromatic carbocycles. The third kappa shape index (κ3) is 1.45. The van der Waals surface area contributed by atoms with E-state index < -0.39 is 5.56 Å². The average Bonchev–Trinajstić information content (AvgIpc) is 2.18. The summed E-state index contributed by atoms with van der Waals surface area (Å²) in [6.07, 6.45) is 2.34. The zero-order valence-corrected chi connectivity index (χ0v) is 7.49. The second kappa shape index (κ2) is 3.23. The minimum Gasteiger partial charge on any atom is -0.467 e. The number of alkyl halides is 1. The molecular weight excluding hydrogens is 188 g/mol. The fourth-order valence-corrected chi connectivity index (χ4v) is 1.58. The smallest absolute Gasteiger partial charge is 0.198 e. The molecule has 0 fully saturated rings. The van der Waals surface area contributed by atoms with Crippen molar-refractivity contribution >= 4 is 24.0 Å². The van der Waals surface area contributed by atoms with Gasteiger partial charge in [0.05, 0.1) is 0 Å². The largest absolute Gasteiger partial charge is 0.467 e. The van der Waals surface area contributed by atoms with Gasteiger partial charge in [-0.1, -0.05) is 35.9 Å². The lowest BCUT2D eigenvalue weighted by molar-refractivity contribution is -0.108. The molecule has 1 aromatic rings. The van der Waals surface area contributed by atoms with Crippen LogP contribution in [-0.2, 0) is 9.53 Å². The predicted octanol–water partition coefficient (Wildman–Crippen LogP) is 2.49. The zero-order valence-electron chi connectivity index (χ0n) is 6.74. The SMILES string of the molecule is O=CC1=Cc2ccccc2C(Cl)O1. The maximum atomic E-state index is 10.5. The van der Waals surface area contributed by atoms with Gasteiger partial charge in [0, 0.05) is 5.56 Å². The van der Waals surface area contributed by atoms with Crippen molar-refractivity contribution < 1.29 is 9.53 Å². The highest BCUT2D eigenvalue weighted by Gasteiger charge is 2.18. The Morgan fingerprint density at radius 2 is 2.15 bits per heavy atom. The molecule has 0 N–H and O–H groups in total. The number of fused-ring (bicyclic) bond motifs is 1. The third-order valence-electron chi connectivity index (χ3n) is 1.89. The second-order valence-corrected chi connectivity index (χ2v) is 3.12. The van der Waals surface area contributed by atoms with Crippen LogP contribution in [0.2, 0.25) is 0 Å². The Balaban J connectivity index is 2.52. The van der Waals surface area contributed by atoms with Gasteiger partial charge < -0.3 is 4.74 Å². The van der Waals surface area contributed by atoms with Gasteiger partial charge in [-0.25, -0.2) is 0 Å². The van der Waals surface area contributed by atoms with E-state index in [1.54, 1.807) is 6.08 Å². The number of allylic oxidation sites excluding steroid dienone is 1. The first-order valence-electron chi connectivity index (χ1n) is 3.88. The lowest BCUT2D eigenvalue weighted by Gasteiger charge is -2.19. The molecule has 1 unspecified atom stereocenters. The maximum absolute atomic E-state index is 10.5. The van der Waals surface area contributed by atoms with E-state index in [1.807, 2.05) is 24.3 Å². The molecule has 0 saturated heterocycles. The molecule has 0 radical (unpaired) electrons. The monoisotopic (exact) mass is 194 g/mol. The normalized spacial score (nSPS) is 19.8. The Morgan fingerprint density at radius 1 is 1.38 bits per heavy atom. The van der Waals surface area contributed by atoms with Gasteiger partial charge in [-0.15, -0.1) is 0 Å². The molecule has 2 nitrogen and oxygen atoms in total. The third-order valence-corrected chi connectivity index (χ3v) is 2.22. The van der Waals surface area contributed by atoms with E-state index in [4.69, 9.17) is 16.3 Å². The van der Waals surface area contributed by atoms with Crippen molar-refractivity contribution in [3.63, 3.8) is 0 Å². The minimum atomic E-state index is -0.554. The van der Waals surface area contributed by atoms with Crippen LogP contribution in [0, 0.1) is 0 Å². The van der Waals surface area contributed by atoms with Crippen molar-refractivity contribution in [1.82, 2.24) is 0 Å². The molecule has 1 aliphatic rings. The van der Waals surface area contributed by atoms with E-state index in [2.05, 4.69) is 0 Å². The van der Waals surface area contributed by atoms with Crippen molar-refractivity contribution in [2.75, 3.05) is 0 Å². The molecule has 0 bridgehead atoms. The number of rotatable bonds is 1. The van der Waals surface area contributed by atoms with E-state index in [0.29, 0.717) is 6.29 Å². The quantitative estimate of drug-likeness (QED) is 0.507. The van der Waals surface area contributed by atoms with E-state index in [1.165, 1.54) is 0 Å². The number of benzene rings is 1. The van der Waals surface area contributed by atoms with Crippen LogP contribution in [0.5, 0.6) is 0 Å². The van der Waals surface area contributed by atoms with E-state index in [-0.39, 0.29) is 5.76 Å². The molecule has 3 heteroatoms. The molecule has 0 saturated carbocycles. The lowest BCUT2D eigenvalue weighted by atomic mass is 10.1. The lowest BCUT2D eigenvalue weighted by Crippen LogP contribution is -2.05. The molecule has 2 rings (SSSR count). The van der Waals surface area contributed by atoms with Crippen molar-refractivity contribution in [2.24, 2.45) is 0 Å². The van der Waals surface area contributed by atoms with Crippen LogP contribution in [0.4, 0.5) is 0 Å². The van der Waals surface area contributed by atoms with Crippen molar-refractivity contribution in [1.29, 1.82) is 0 Å². The van der Waals surface area contributed by atoms with Crippen LogP contribution in [0.15, 0.2) is 30.0 Å². The molecule has 0 amide bonds. The number of carbonyl (C=O) groups excluding carboxylic acids is 1. The Labute approximate surface area is 80.8 Å². The summed E-state index contributed by atoms with van der Waals surface area (Å²) in [5.74, 6) is 0.277. The molecule has 0 aliphatic carbocycles. The summed E-state index contributed by atoms with van der Waals surface area (Å²) in [7, 11) is 0. The molecular formula is C10H7ClO2. The van der Waals surface area contributed by atoms with Gasteiger partial charge in [-0.05, 0) is 11.6 Å².